The van der Waals surface area contributed by atoms with Crippen molar-refractivity contribution >= 4 is 16.7 Å². The van der Waals surface area contributed by atoms with Crippen LogP contribution in [0.2, 0.25) is 0 Å². The Kier molecular flexibility index (Phi) is 5.01. The summed E-state index contributed by atoms with van der Waals surface area (Å²) in [6.07, 6.45) is -10.4. The predicted molar refractivity (Wildman–Crippen MR) is 79.4 cm³/mol. The van der Waals surface area contributed by atoms with Crippen molar-refractivity contribution in [2.75, 3.05) is 5.32 Å². The van der Waals surface area contributed by atoms with E-state index in [1.165, 1.54) is 0 Å². The lowest BCUT2D eigenvalue weighted by atomic mass is 10.1. The fourth-order valence-electron chi connectivity index (χ4n) is 1.94. The maximum absolute atomic E-state index is 13.1. The number of fused-ring (bicyclic) bond motifs is 1. The number of ether oxygens (including phenoxy) is 1. The average molecular weight is 367 g/mol. The molecule has 0 saturated heterocycles. The minimum Gasteiger partial charge on any atom is -0.437 e. The van der Waals surface area contributed by atoms with Crippen LogP contribution in [0.15, 0.2) is 18.3 Å². The molecular weight excluding hydrogens is 352 g/mol. The molecule has 0 saturated carbocycles. The van der Waals surface area contributed by atoms with Crippen LogP contribution in [0, 0.1) is 0 Å². The molecule has 2 heterocycles. The number of nitrogens with zero attached hydrogens (tertiary/aromatic N) is 2. The van der Waals surface area contributed by atoms with Gasteiger partial charge in [0.05, 0.1) is 5.56 Å². The number of halogens is 6. The summed E-state index contributed by atoms with van der Waals surface area (Å²) in [5, 5.41) is 2.80. The lowest BCUT2D eigenvalue weighted by Crippen LogP contribution is -2.27. The first kappa shape index (κ1) is 19.1. The fraction of sp³-hybridized carbons (Fsp3) is 0.467. The van der Waals surface area contributed by atoms with E-state index in [0.29, 0.717) is 6.20 Å². The van der Waals surface area contributed by atoms with Crippen molar-refractivity contribution in [2.24, 2.45) is 0 Å². The summed E-state index contributed by atoms with van der Waals surface area (Å²) in [4.78, 5) is 7.59. The number of anilines is 1. The largest absolute Gasteiger partial charge is 0.437 e. The third-order valence-electron chi connectivity index (χ3n) is 2.89. The number of aromatic nitrogens is 2. The Morgan fingerprint density at radius 1 is 1.08 bits per heavy atom. The summed E-state index contributed by atoms with van der Waals surface area (Å²) in [5.41, 5.74) is -1.53. The molecule has 2 aromatic rings. The van der Waals surface area contributed by atoms with Crippen LogP contribution in [0.25, 0.3) is 10.9 Å². The maximum atomic E-state index is 13.1. The Balaban J connectivity index is 2.58. The molecule has 1 N–H and O–H groups in total. The molecule has 0 bridgehead atoms. The predicted octanol–water partition coefficient (Wildman–Crippen LogP) is 4.80. The van der Waals surface area contributed by atoms with Gasteiger partial charge in [-0.1, -0.05) is 0 Å². The smallest absolute Gasteiger partial charge is 0.417 e. The zero-order valence-corrected chi connectivity index (χ0v) is 13.5. The standard InChI is InChI=1S/C15H15F6N3O/c1-14(2,3)24-13-10-7(4-8(6-22-10)15(19,20)21)5-9(23-13)25-12(18)11(16)17/h4-6,11-12H,1-3H3,(H,23,24). The highest BCUT2D eigenvalue weighted by molar-refractivity contribution is 5.89. The quantitative estimate of drug-likeness (QED) is 0.789. The number of nitrogens with one attached hydrogen (secondary N) is 1. The van der Waals surface area contributed by atoms with Gasteiger partial charge in [-0.3, -0.25) is 4.98 Å². The lowest BCUT2D eigenvalue weighted by Gasteiger charge is -2.23. The molecular formula is C15H15F6N3O. The van der Waals surface area contributed by atoms with Crippen molar-refractivity contribution in [3.63, 3.8) is 0 Å². The van der Waals surface area contributed by atoms with Crippen LogP contribution in [0.1, 0.15) is 26.3 Å². The van der Waals surface area contributed by atoms with Crippen LogP contribution in [-0.4, -0.2) is 28.3 Å². The third-order valence-corrected chi connectivity index (χ3v) is 2.89. The van der Waals surface area contributed by atoms with E-state index in [-0.39, 0.29) is 16.7 Å². The molecule has 2 rings (SSSR count). The Morgan fingerprint density at radius 2 is 1.72 bits per heavy atom. The molecule has 0 spiro atoms. The van der Waals surface area contributed by atoms with Crippen molar-refractivity contribution in [2.45, 2.75) is 45.3 Å². The van der Waals surface area contributed by atoms with Crippen molar-refractivity contribution in [1.29, 1.82) is 0 Å². The Labute approximate surface area is 139 Å². The molecule has 0 aliphatic carbocycles. The first-order chi connectivity index (χ1) is 11.4. The summed E-state index contributed by atoms with van der Waals surface area (Å²) in [7, 11) is 0. The second-order valence-electron chi connectivity index (χ2n) is 6.28. The van der Waals surface area contributed by atoms with Gasteiger partial charge >= 0.3 is 12.6 Å². The Morgan fingerprint density at radius 3 is 2.24 bits per heavy atom. The summed E-state index contributed by atoms with van der Waals surface area (Å²) in [6, 6.07) is 1.70. The van der Waals surface area contributed by atoms with Crippen molar-refractivity contribution < 1.29 is 31.1 Å². The molecule has 1 unspecified atom stereocenters. The van der Waals surface area contributed by atoms with Crippen LogP contribution >= 0.6 is 0 Å². The molecule has 0 radical (unpaired) electrons. The molecule has 138 valence electrons. The molecule has 0 aliphatic rings. The normalized spacial score (nSPS) is 14.0. The highest BCUT2D eigenvalue weighted by Crippen LogP contribution is 2.33. The third kappa shape index (κ3) is 4.86. The number of pyridine rings is 2. The zero-order valence-electron chi connectivity index (χ0n) is 13.5. The van der Waals surface area contributed by atoms with E-state index < -0.39 is 35.9 Å². The van der Waals surface area contributed by atoms with E-state index in [2.05, 4.69) is 20.0 Å². The summed E-state index contributed by atoms with van der Waals surface area (Å²) in [5.74, 6) is -0.580. The van der Waals surface area contributed by atoms with Gasteiger partial charge in [-0.15, -0.1) is 0 Å². The van der Waals surface area contributed by atoms with E-state index >= 15 is 0 Å². The first-order valence-electron chi connectivity index (χ1n) is 7.12. The van der Waals surface area contributed by atoms with Gasteiger partial charge in [0, 0.05) is 23.2 Å². The van der Waals surface area contributed by atoms with E-state index in [9.17, 15) is 26.3 Å². The average Bonchev–Trinajstić information content (AvgIpc) is 2.43. The Hall–Kier alpha value is -2.26. The highest BCUT2D eigenvalue weighted by Gasteiger charge is 2.31. The van der Waals surface area contributed by atoms with Crippen LogP contribution in [-0.2, 0) is 6.18 Å². The van der Waals surface area contributed by atoms with Crippen LogP contribution < -0.4 is 10.1 Å². The van der Waals surface area contributed by atoms with Gasteiger partial charge in [0.15, 0.2) is 5.82 Å². The van der Waals surface area contributed by atoms with Gasteiger partial charge in [0.25, 0.3) is 6.36 Å². The topological polar surface area (TPSA) is 47.0 Å². The summed E-state index contributed by atoms with van der Waals surface area (Å²) >= 11 is 0. The van der Waals surface area contributed by atoms with E-state index in [1.807, 2.05) is 0 Å². The molecule has 0 amide bonds. The molecule has 4 nitrogen and oxygen atoms in total. The van der Waals surface area contributed by atoms with E-state index in [1.54, 1.807) is 20.8 Å². The number of alkyl halides is 6. The van der Waals surface area contributed by atoms with Gasteiger partial charge < -0.3 is 10.1 Å². The second kappa shape index (κ2) is 6.57. The lowest BCUT2D eigenvalue weighted by molar-refractivity contribution is -0.137. The molecule has 25 heavy (non-hydrogen) atoms. The van der Waals surface area contributed by atoms with Gasteiger partial charge in [0.1, 0.15) is 5.52 Å². The van der Waals surface area contributed by atoms with Gasteiger partial charge in [-0.2, -0.15) is 22.5 Å². The van der Waals surface area contributed by atoms with Gasteiger partial charge in [-0.25, -0.2) is 8.78 Å². The molecule has 10 heteroatoms. The Bertz CT molecular complexity index is 757. The molecule has 0 aliphatic heterocycles. The number of hydrogen-bond acceptors (Lipinski definition) is 4. The highest BCUT2D eigenvalue weighted by atomic mass is 19.4. The fourth-order valence-corrected chi connectivity index (χ4v) is 1.94. The number of hydrogen-bond donors (Lipinski definition) is 1. The summed E-state index contributed by atoms with van der Waals surface area (Å²) < 4.78 is 80.7. The minimum absolute atomic E-state index is 0.00445. The molecule has 0 fully saturated rings. The van der Waals surface area contributed by atoms with E-state index in [0.717, 1.165) is 12.1 Å². The number of rotatable bonds is 4. The molecule has 1 atom stereocenters. The molecule has 0 aromatic carbocycles. The van der Waals surface area contributed by atoms with Crippen molar-refractivity contribution in [1.82, 2.24) is 9.97 Å². The van der Waals surface area contributed by atoms with Gasteiger partial charge in [0.2, 0.25) is 5.88 Å². The minimum atomic E-state index is -4.64. The van der Waals surface area contributed by atoms with Crippen LogP contribution in [0.4, 0.5) is 32.2 Å². The summed E-state index contributed by atoms with van der Waals surface area (Å²) in [6.45, 7) is 5.24. The van der Waals surface area contributed by atoms with Crippen molar-refractivity contribution in [3.05, 3.63) is 23.9 Å². The zero-order chi connectivity index (χ0) is 19.0. The second-order valence-corrected chi connectivity index (χ2v) is 6.28. The SMILES string of the molecule is CC(C)(C)Nc1nc(OC(F)C(F)F)cc2cc(C(F)(F)F)cnc12. The monoisotopic (exact) mass is 367 g/mol. The van der Waals surface area contributed by atoms with Crippen molar-refractivity contribution in [3.8, 4) is 5.88 Å². The first-order valence-corrected chi connectivity index (χ1v) is 7.12. The maximum Gasteiger partial charge on any atom is 0.417 e. The van der Waals surface area contributed by atoms with Crippen LogP contribution in [0.3, 0.4) is 0 Å². The van der Waals surface area contributed by atoms with Gasteiger partial charge in [-0.05, 0) is 26.8 Å². The van der Waals surface area contributed by atoms with E-state index in [4.69, 9.17) is 0 Å². The van der Waals surface area contributed by atoms with Crippen LogP contribution in [0.5, 0.6) is 5.88 Å². The molecule has 2 aromatic heterocycles.